The van der Waals surface area contributed by atoms with E-state index in [1.54, 1.807) is 18.2 Å². The number of hydrogen-bond donors (Lipinski definition) is 2. The molecule has 10 heteroatoms. The van der Waals surface area contributed by atoms with Crippen LogP contribution in [0.25, 0.3) is 0 Å². The molecule has 1 aromatic carbocycles. The molecule has 2 aromatic rings. The number of allylic oxidation sites excluding steroid dienone is 1. The average molecular weight is 422 g/mol. The molecular formula is C18H23N5O3S2. The van der Waals surface area contributed by atoms with Gasteiger partial charge in [0.25, 0.3) is 0 Å². The first-order valence-corrected chi connectivity index (χ1v) is 11.5. The van der Waals surface area contributed by atoms with Gasteiger partial charge >= 0.3 is 0 Å². The van der Waals surface area contributed by atoms with E-state index in [1.807, 2.05) is 4.57 Å². The van der Waals surface area contributed by atoms with Gasteiger partial charge in [0.1, 0.15) is 5.82 Å². The van der Waals surface area contributed by atoms with Crippen molar-refractivity contribution in [3.8, 4) is 0 Å². The van der Waals surface area contributed by atoms with Crippen molar-refractivity contribution in [2.24, 2.45) is 5.14 Å². The summed E-state index contributed by atoms with van der Waals surface area (Å²) in [4.78, 5) is 12.2. The molecule has 0 unspecified atom stereocenters. The molecule has 0 atom stereocenters. The van der Waals surface area contributed by atoms with Gasteiger partial charge < -0.3 is 9.88 Å². The number of rotatable bonds is 10. The van der Waals surface area contributed by atoms with Gasteiger partial charge in [-0.05, 0) is 37.0 Å². The van der Waals surface area contributed by atoms with E-state index < -0.39 is 10.0 Å². The smallest absolute Gasteiger partial charge is 0.238 e. The Balaban J connectivity index is 1.45. The summed E-state index contributed by atoms with van der Waals surface area (Å²) in [6.07, 6.45) is 4.68. The minimum absolute atomic E-state index is 0.0749. The Morgan fingerprint density at radius 3 is 2.64 bits per heavy atom. The number of thioether (sulfide) groups is 1. The number of nitrogens with one attached hydrogen (secondary N) is 1. The van der Waals surface area contributed by atoms with Crippen LogP contribution in [0.1, 0.15) is 30.1 Å². The van der Waals surface area contributed by atoms with Crippen LogP contribution in [0.5, 0.6) is 0 Å². The lowest BCUT2D eigenvalue weighted by Gasteiger charge is -2.08. The van der Waals surface area contributed by atoms with E-state index in [1.165, 1.54) is 23.9 Å². The highest BCUT2D eigenvalue weighted by Crippen LogP contribution is 2.40. The van der Waals surface area contributed by atoms with Gasteiger partial charge in [0.05, 0.1) is 10.6 Å². The SMILES string of the molecule is C=CCn1c(SCC(=O)NCCc2ccc(S(N)(=O)=O)cc2)nnc1C1CC1. The topological polar surface area (TPSA) is 120 Å². The van der Waals surface area contributed by atoms with Gasteiger partial charge in [-0.3, -0.25) is 4.79 Å². The normalized spacial score (nSPS) is 14.0. The lowest BCUT2D eigenvalue weighted by atomic mass is 10.1. The molecule has 28 heavy (non-hydrogen) atoms. The fourth-order valence-corrected chi connectivity index (χ4v) is 4.02. The van der Waals surface area contributed by atoms with Gasteiger partial charge in [0.15, 0.2) is 5.16 Å². The first-order valence-electron chi connectivity index (χ1n) is 8.93. The zero-order valence-corrected chi connectivity index (χ0v) is 17.0. The molecule has 0 spiro atoms. The van der Waals surface area contributed by atoms with Crippen molar-refractivity contribution in [2.45, 2.75) is 41.8 Å². The summed E-state index contributed by atoms with van der Waals surface area (Å²) in [6, 6.07) is 6.31. The molecular weight excluding hydrogens is 398 g/mol. The average Bonchev–Trinajstić information content (AvgIpc) is 3.42. The Hall–Kier alpha value is -2.17. The molecule has 150 valence electrons. The van der Waals surface area contributed by atoms with E-state index in [0.29, 0.717) is 25.4 Å². The Bertz CT molecular complexity index is 950. The zero-order chi connectivity index (χ0) is 20.1. The quantitative estimate of drug-likeness (QED) is 0.442. The van der Waals surface area contributed by atoms with Crippen LogP contribution in [-0.4, -0.2) is 41.4 Å². The monoisotopic (exact) mass is 421 g/mol. The van der Waals surface area contributed by atoms with Gasteiger partial charge in [-0.2, -0.15) is 0 Å². The van der Waals surface area contributed by atoms with Crippen molar-refractivity contribution in [3.05, 3.63) is 48.3 Å². The minimum atomic E-state index is -3.69. The Morgan fingerprint density at radius 1 is 1.32 bits per heavy atom. The summed E-state index contributed by atoms with van der Waals surface area (Å²) in [7, 11) is -3.69. The number of carbonyl (C=O) groups is 1. The van der Waals surface area contributed by atoms with Crippen molar-refractivity contribution in [3.63, 3.8) is 0 Å². The maximum atomic E-state index is 12.1. The van der Waals surface area contributed by atoms with Crippen LogP contribution in [0.3, 0.4) is 0 Å². The Labute approximate surface area is 168 Å². The van der Waals surface area contributed by atoms with E-state index in [0.717, 1.165) is 29.4 Å². The number of benzene rings is 1. The molecule has 1 aliphatic carbocycles. The minimum Gasteiger partial charge on any atom is -0.355 e. The summed E-state index contributed by atoms with van der Waals surface area (Å²) in [5, 5.41) is 17.1. The van der Waals surface area contributed by atoms with Crippen LogP contribution >= 0.6 is 11.8 Å². The van der Waals surface area contributed by atoms with Gasteiger partial charge in [-0.15, -0.1) is 16.8 Å². The first-order chi connectivity index (χ1) is 13.4. The Kier molecular flexibility index (Phi) is 6.53. The molecule has 3 N–H and O–H groups in total. The number of nitrogens with two attached hydrogens (primary N) is 1. The largest absolute Gasteiger partial charge is 0.355 e. The third-order valence-corrected chi connectivity index (χ3v) is 6.22. The second-order valence-electron chi connectivity index (χ2n) is 6.59. The summed E-state index contributed by atoms with van der Waals surface area (Å²) < 4.78 is 24.5. The number of carbonyl (C=O) groups excluding carboxylic acids is 1. The molecule has 1 aliphatic rings. The number of primary sulfonamides is 1. The molecule has 0 bridgehead atoms. The van der Waals surface area contributed by atoms with Crippen LogP contribution < -0.4 is 10.5 Å². The summed E-state index contributed by atoms with van der Waals surface area (Å²) in [6.45, 7) is 4.87. The van der Waals surface area contributed by atoms with E-state index in [-0.39, 0.29) is 16.6 Å². The molecule has 3 rings (SSSR count). The third-order valence-electron chi connectivity index (χ3n) is 4.32. The number of amides is 1. The molecule has 0 saturated heterocycles. The van der Waals surface area contributed by atoms with E-state index in [2.05, 4.69) is 22.1 Å². The first kappa shape index (κ1) is 20.6. The fourth-order valence-electron chi connectivity index (χ4n) is 2.72. The predicted molar refractivity (Wildman–Crippen MR) is 107 cm³/mol. The van der Waals surface area contributed by atoms with Crippen molar-refractivity contribution < 1.29 is 13.2 Å². The fraction of sp³-hybridized carbons (Fsp3) is 0.389. The standard InChI is InChI=1S/C18H23N5O3S2/c1-2-11-23-17(14-5-6-14)21-22-18(23)27-12-16(24)20-10-9-13-3-7-15(8-4-13)28(19,25)26/h2-4,7-8,14H,1,5-6,9-12H2,(H,20,24)(H2,19,25,26). The van der Waals surface area contributed by atoms with Gasteiger partial charge in [0, 0.05) is 19.0 Å². The maximum absolute atomic E-state index is 12.1. The number of aromatic nitrogens is 3. The van der Waals surface area contributed by atoms with Crippen LogP contribution in [0, 0.1) is 0 Å². The van der Waals surface area contributed by atoms with E-state index in [9.17, 15) is 13.2 Å². The second kappa shape index (κ2) is 8.89. The zero-order valence-electron chi connectivity index (χ0n) is 15.4. The molecule has 1 amide bonds. The lowest BCUT2D eigenvalue weighted by Crippen LogP contribution is -2.27. The van der Waals surface area contributed by atoms with E-state index >= 15 is 0 Å². The number of sulfonamides is 1. The molecule has 1 aromatic heterocycles. The highest BCUT2D eigenvalue weighted by molar-refractivity contribution is 7.99. The van der Waals surface area contributed by atoms with Crippen LogP contribution in [0.2, 0.25) is 0 Å². The van der Waals surface area contributed by atoms with Crippen LogP contribution in [0.4, 0.5) is 0 Å². The van der Waals surface area contributed by atoms with Gasteiger partial charge in [-0.1, -0.05) is 30.0 Å². The van der Waals surface area contributed by atoms with Crippen LogP contribution in [-0.2, 0) is 27.8 Å². The molecule has 1 heterocycles. The van der Waals surface area contributed by atoms with Gasteiger partial charge in [0.2, 0.25) is 15.9 Å². The molecule has 1 fully saturated rings. The van der Waals surface area contributed by atoms with E-state index in [4.69, 9.17) is 5.14 Å². The van der Waals surface area contributed by atoms with Crippen molar-refractivity contribution in [1.82, 2.24) is 20.1 Å². The van der Waals surface area contributed by atoms with Crippen molar-refractivity contribution >= 4 is 27.7 Å². The summed E-state index contributed by atoms with van der Waals surface area (Å²) in [5.74, 6) is 1.62. The highest BCUT2D eigenvalue weighted by atomic mass is 32.2. The molecule has 8 nitrogen and oxygen atoms in total. The molecule has 0 aliphatic heterocycles. The van der Waals surface area contributed by atoms with Gasteiger partial charge in [-0.25, -0.2) is 13.6 Å². The highest BCUT2D eigenvalue weighted by Gasteiger charge is 2.30. The third kappa shape index (κ3) is 5.43. The number of nitrogens with zero attached hydrogens (tertiary/aromatic N) is 3. The van der Waals surface area contributed by atoms with Crippen molar-refractivity contribution in [2.75, 3.05) is 12.3 Å². The Morgan fingerprint density at radius 2 is 2.04 bits per heavy atom. The number of hydrogen-bond acceptors (Lipinski definition) is 6. The van der Waals surface area contributed by atoms with Crippen LogP contribution in [0.15, 0.2) is 47.0 Å². The second-order valence-corrected chi connectivity index (χ2v) is 9.10. The summed E-state index contributed by atoms with van der Waals surface area (Å²) in [5.41, 5.74) is 0.917. The lowest BCUT2D eigenvalue weighted by molar-refractivity contribution is -0.118. The molecule has 1 saturated carbocycles. The predicted octanol–water partition coefficient (Wildman–Crippen LogP) is 1.44. The van der Waals surface area contributed by atoms with Crippen molar-refractivity contribution in [1.29, 1.82) is 0 Å². The summed E-state index contributed by atoms with van der Waals surface area (Å²) >= 11 is 1.36. The maximum Gasteiger partial charge on any atom is 0.238 e. The molecule has 0 radical (unpaired) electrons.